The van der Waals surface area contributed by atoms with Crippen molar-refractivity contribution >= 4 is 33.7 Å². The van der Waals surface area contributed by atoms with Crippen molar-refractivity contribution in [2.24, 2.45) is 5.10 Å². The van der Waals surface area contributed by atoms with E-state index in [9.17, 15) is 14.0 Å². The monoisotopic (exact) mass is 446 g/mol. The normalized spacial score (nSPS) is 13.4. The van der Waals surface area contributed by atoms with Gasteiger partial charge in [-0.1, -0.05) is 18.2 Å². The van der Waals surface area contributed by atoms with E-state index < -0.39 is 5.91 Å². The average molecular weight is 447 g/mol. The van der Waals surface area contributed by atoms with Crippen LogP contribution in [0.1, 0.15) is 39.2 Å². The van der Waals surface area contributed by atoms with Gasteiger partial charge in [0, 0.05) is 10.4 Å². The summed E-state index contributed by atoms with van der Waals surface area (Å²) in [7, 11) is 0. The molecule has 0 fully saturated rings. The Hall–Kier alpha value is -3.65. The standard InChI is InChI=1S/C24H19FN4O2S/c25-17-10-8-15(9-11-17)13-27-28-22(30)16-4-3-5-18(12-16)29-14-26-23-21(24(29)31)19-6-1-2-7-20(19)32-23/h3-5,8-14H,1-2,6-7H2,(H,28,30)/b27-13+. The third-order valence-electron chi connectivity index (χ3n) is 5.51. The molecule has 0 unspecified atom stereocenters. The Bertz CT molecular complexity index is 1410. The van der Waals surface area contributed by atoms with Gasteiger partial charge >= 0.3 is 0 Å². The van der Waals surface area contributed by atoms with Crippen molar-refractivity contribution in [3.05, 3.63) is 92.6 Å². The van der Waals surface area contributed by atoms with E-state index in [-0.39, 0.29) is 11.4 Å². The van der Waals surface area contributed by atoms with Crippen molar-refractivity contribution in [3.8, 4) is 5.69 Å². The molecule has 1 aliphatic rings. The van der Waals surface area contributed by atoms with Gasteiger partial charge in [0.2, 0.25) is 0 Å². The zero-order valence-electron chi connectivity index (χ0n) is 17.0. The Morgan fingerprint density at radius 1 is 1.16 bits per heavy atom. The van der Waals surface area contributed by atoms with Crippen LogP contribution in [0.2, 0.25) is 0 Å². The molecule has 2 aromatic carbocycles. The Balaban J connectivity index is 1.42. The molecule has 32 heavy (non-hydrogen) atoms. The van der Waals surface area contributed by atoms with Gasteiger partial charge in [-0.25, -0.2) is 14.8 Å². The average Bonchev–Trinajstić information content (AvgIpc) is 3.20. The molecule has 0 atom stereocenters. The van der Waals surface area contributed by atoms with Gasteiger partial charge in [-0.05, 0) is 67.1 Å². The highest BCUT2D eigenvalue weighted by molar-refractivity contribution is 7.18. The molecule has 2 aromatic heterocycles. The first-order chi connectivity index (χ1) is 15.6. The van der Waals surface area contributed by atoms with Crippen LogP contribution in [0.3, 0.4) is 0 Å². The van der Waals surface area contributed by atoms with Crippen molar-refractivity contribution in [1.82, 2.24) is 15.0 Å². The molecule has 2 heterocycles. The number of hydrogen-bond acceptors (Lipinski definition) is 5. The number of aryl methyl sites for hydroxylation is 2. The zero-order valence-corrected chi connectivity index (χ0v) is 17.9. The van der Waals surface area contributed by atoms with Crippen LogP contribution in [0.25, 0.3) is 15.9 Å². The molecule has 160 valence electrons. The van der Waals surface area contributed by atoms with Crippen molar-refractivity contribution < 1.29 is 9.18 Å². The van der Waals surface area contributed by atoms with Gasteiger partial charge in [-0.15, -0.1) is 11.3 Å². The minimum atomic E-state index is -0.416. The molecule has 5 rings (SSSR count). The summed E-state index contributed by atoms with van der Waals surface area (Å²) in [6.45, 7) is 0. The molecule has 4 aromatic rings. The Labute approximate surface area is 187 Å². The number of carbonyl (C=O) groups excluding carboxylic acids is 1. The van der Waals surface area contributed by atoms with Crippen LogP contribution in [-0.2, 0) is 12.8 Å². The number of thiophene rings is 1. The minimum absolute atomic E-state index is 0.110. The Morgan fingerprint density at radius 2 is 1.97 bits per heavy atom. The highest BCUT2D eigenvalue weighted by atomic mass is 32.1. The smallest absolute Gasteiger partial charge is 0.268 e. The number of benzene rings is 2. The summed E-state index contributed by atoms with van der Waals surface area (Å²) in [4.78, 5) is 32.4. The van der Waals surface area contributed by atoms with E-state index in [0.29, 0.717) is 22.2 Å². The minimum Gasteiger partial charge on any atom is -0.268 e. The molecular weight excluding hydrogens is 427 g/mol. The third kappa shape index (κ3) is 3.85. The van der Waals surface area contributed by atoms with Gasteiger partial charge in [-0.2, -0.15) is 5.10 Å². The quantitative estimate of drug-likeness (QED) is 0.377. The maximum Gasteiger partial charge on any atom is 0.271 e. The van der Waals surface area contributed by atoms with Crippen LogP contribution in [0, 0.1) is 5.82 Å². The number of fused-ring (bicyclic) bond motifs is 3. The first-order valence-corrected chi connectivity index (χ1v) is 11.1. The maximum atomic E-state index is 13.3. The fraction of sp³-hybridized carbons (Fsp3) is 0.167. The largest absolute Gasteiger partial charge is 0.271 e. The van der Waals surface area contributed by atoms with Crippen molar-refractivity contribution in [3.63, 3.8) is 0 Å². The molecule has 1 N–H and O–H groups in total. The van der Waals surface area contributed by atoms with Crippen LogP contribution < -0.4 is 11.0 Å². The highest BCUT2D eigenvalue weighted by Crippen LogP contribution is 2.33. The lowest BCUT2D eigenvalue weighted by molar-refractivity contribution is 0.0955. The molecule has 8 heteroatoms. The number of nitrogens with one attached hydrogen (secondary N) is 1. The number of aromatic nitrogens is 2. The van der Waals surface area contributed by atoms with Crippen molar-refractivity contribution in [2.45, 2.75) is 25.7 Å². The predicted octanol–water partition coefficient (Wildman–Crippen LogP) is 4.23. The van der Waals surface area contributed by atoms with Crippen LogP contribution >= 0.6 is 11.3 Å². The number of hydrazone groups is 1. The highest BCUT2D eigenvalue weighted by Gasteiger charge is 2.20. The van der Waals surface area contributed by atoms with Gasteiger partial charge in [0.25, 0.3) is 11.5 Å². The molecule has 0 radical (unpaired) electrons. The van der Waals surface area contributed by atoms with Crippen LogP contribution in [0.15, 0.2) is 64.8 Å². The van der Waals surface area contributed by atoms with E-state index >= 15 is 0 Å². The van der Waals surface area contributed by atoms with Crippen LogP contribution in [0.5, 0.6) is 0 Å². The summed E-state index contributed by atoms with van der Waals surface area (Å²) >= 11 is 1.61. The Kier molecular flexibility index (Phi) is 5.36. The first kappa shape index (κ1) is 20.3. The van der Waals surface area contributed by atoms with Crippen molar-refractivity contribution in [2.75, 3.05) is 0 Å². The van der Waals surface area contributed by atoms with Gasteiger partial charge in [0.15, 0.2) is 0 Å². The van der Waals surface area contributed by atoms with E-state index in [1.807, 2.05) is 0 Å². The van der Waals surface area contributed by atoms with Crippen LogP contribution in [0.4, 0.5) is 4.39 Å². The molecule has 6 nitrogen and oxygen atoms in total. The van der Waals surface area contributed by atoms with E-state index in [0.717, 1.165) is 36.1 Å². The van der Waals surface area contributed by atoms with E-state index in [1.54, 1.807) is 47.7 Å². The first-order valence-electron chi connectivity index (χ1n) is 10.3. The van der Waals surface area contributed by atoms with Gasteiger partial charge in [0.1, 0.15) is 17.0 Å². The predicted molar refractivity (Wildman–Crippen MR) is 123 cm³/mol. The fourth-order valence-corrected chi connectivity index (χ4v) is 5.13. The molecule has 1 aliphatic carbocycles. The van der Waals surface area contributed by atoms with E-state index in [1.165, 1.54) is 34.1 Å². The number of carbonyl (C=O) groups is 1. The molecule has 0 bridgehead atoms. The summed E-state index contributed by atoms with van der Waals surface area (Å²) < 4.78 is 14.5. The SMILES string of the molecule is O=C(N/N=C/c1ccc(F)cc1)c1cccc(-n2cnc3sc4c(c3c2=O)CCCC4)c1. The summed E-state index contributed by atoms with van der Waals surface area (Å²) in [5, 5.41) is 4.62. The van der Waals surface area contributed by atoms with Gasteiger partial charge < -0.3 is 0 Å². The second-order valence-corrected chi connectivity index (χ2v) is 8.70. The zero-order chi connectivity index (χ0) is 22.1. The fourth-order valence-electron chi connectivity index (χ4n) is 3.91. The summed E-state index contributed by atoms with van der Waals surface area (Å²) in [5.74, 6) is -0.755. The Morgan fingerprint density at radius 3 is 2.81 bits per heavy atom. The van der Waals surface area contributed by atoms with E-state index in [4.69, 9.17) is 0 Å². The second-order valence-electron chi connectivity index (χ2n) is 7.61. The van der Waals surface area contributed by atoms with E-state index in [2.05, 4.69) is 15.5 Å². The lowest BCUT2D eigenvalue weighted by Crippen LogP contribution is -2.21. The molecule has 0 saturated carbocycles. The molecule has 1 amide bonds. The number of halogens is 1. The molecule has 0 spiro atoms. The lowest BCUT2D eigenvalue weighted by atomic mass is 9.97. The number of nitrogens with zero attached hydrogens (tertiary/aromatic N) is 3. The molecular formula is C24H19FN4O2S. The maximum absolute atomic E-state index is 13.3. The number of rotatable bonds is 4. The summed E-state index contributed by atoms with van der Waals surface area (Å²) in [6, 6.07) is 12.5. The third-order valence-corrected chi connectivity index (χ3v) is 6.71. The summed E-state index contributed by atoms with van der Waals surface area (Å²) in [6.07, 6.45) is 7.10. The lowest BCUT2D eigenvalue weighted by Gasteiger charge is -2.11. The second kappa shape index (κ2) is 8.47. The van der Waals surface area contributed by atoms with Gasteiger partial charge in [-0.3, -0.25) is 14.2 Å². The molecule has 0 saturated heterocycles. The number of amides is 1. The van der Waals surface area contributed by atoms with Crippen LogP contribution in [-0.4, -0.2) is 21.7 Å². The summed E-state index contributed by atoms with van der Waals surface area (Å²) in [5.41, 5.74) is 5.06. The van der Waals surface area contributed by atoms with Crippen molar-refractivity contribution in [1.29, 1.82) is 0 Å². The molecule has 0 aliphatic heterocycles. The topological polar surface area (TPSA) is 76.3 Å². The van der Waals surface area contributed by atoms with Gasteiger partial charge in [0.05, 0.1) is 17.3 Å². The number of hydrogen-bond donors (Lipinski definition) is 1.